The van der Waals surface area contributed by atoms with Gasteiger partial charge >= 0.3 is 7.82 Å². The zero-order chi connectivity index (χ0) is 8.41. The molecule has 10 heavy (non-hydrogen) atoms. The minimum atomic E-state index is -4.55. The average Bonchev–Trinajstić information content (AvgIpc) is 1.60. The fraction of sp³-hybridized carbons (Fsp3) is 1.00. The van der Waals surface area contributed by atoms with Crippen molar-refractivity contribution in [2.75, 3.05) is 0 Å². The van der Waals surface area contributed by atoms with E-state index in [1.165, 1.54) is 6.92 Å². The molecular weight excluding hydrogens is 159 g/mol. The van der Waals surface area contributed by atoms with Gasteiger partial charge in [-0.15, -0.1) is 0 Å². The third-order valence-electron chi connectivity index (χ3n) is 0.972. The molecule has 0 bridgehead atoms. The van der Waals surface area contributed by atoms with E-state index >= 15 is 0 Å². The summed E-state index contributed by atoms with van der Waals surface area (Å²) < 4.78 is 14.1. The highest BCUT2D eigenvalue weighted by atomic mass is 31.2. The third-order valence-corrected chi connectivity index (χ3v) is 1.60. The lowest BCUT2D eigenvalue weighted by Gasteiger charge is -2.21. The standard InChI is InChI=1S/C4H11O5P/c1-3-4(2,5)9-10(6,7)8/h5H,3H2,1-2H3,(H2,6,7,8). The van der Waals surface area contributed by atoms with Crippen LogP contribution in [-0.2, 0) is 9.09 Å². The summed E-state index contributed by atoms with van der Waals surface area (Å²) in [5.74, 6) is -1.74. The molecule has 0 aromatic heterocycles. The SMILES string of the molecule is CCC(C)(O)OP(=O)(O)O. The van der Waals surface area contributed by atoms with Gasteiger partial charge in [0, 0.05) is 0 Å². The van der Waals surface area contributed by atoms with Crippen LogP contribution in [0, 0.1) is 0 Å². The normalized spacial score (nSPS) is 18.5. The first kappa shape index (κ1) is 10.1. The maximum atomic E-state index is 10.1. The number of phosphoric ester groups is 1. The van der Waals surface area contributed by atoms with E-state index < -0.39 is 13.6 Å². The van der Waals surface area contributed by atoms with E-state index in [-0.39, 0.29) is 6.42 Å². The first-order valence-electron chi connectivity index (χ1n) is 2.75. The summed E-state index contributed by atoms with van der Waals surface area (Å²) in [4.78, 5) is 16.4. The van der Waals surface area contributed by atoms with Gasteiger partial charge in [-0.3, -0.25) is 4.52 Å². The van der Waals surface area contributed by atoms with Crippen LogP contribution in [0.1, 0.15) is 20.3 Å². The zero-order valence-electron chi connectivity index (χ0n) is 5.81. The van der Waals surface area contributed by atoms with Crippen LogP contribution in [0.25, 0.3) is 0 Å². The Morgan fingerprint density at radius 3 is 2.10 bits per heavy atom. The largest absolute Gasteiger partial charge is 0.472 e. The molecule has 0 fully saturated rings. The second-order valence-electron chi connectivity index (χ2n) is 2.11. The van der Waals surface area contributed by atoms with Crippen molar-refractivity contribution in [2.24, 2.45) is 0 Å². The van der Waals surface area contributed by atoms with E-state index in [1.54, 1.807) is 6.92 Å². The fourth-order valence-corrected chi connectivity index (χ4v) is 0.962. The van der Waals surface area contributed by atoms with Gasteiger partial charge in [0.1, 0.15) is 0 Å². The molecule has 0 amide bonds. The van der Waals surface area contributed by atoms with Crippen molar-refractivity contribution in [1.82, 2.24) is 0 Å². The number of rotatable bonds is 3. The summed E-state index contributed by atoms with van der Waals surface area (Å²) in [6, 6.07) is 0. The van der Waals surface area contributed by atoms with Gasteiger partial charge in [0.2, 0.25) is 0 Å². The molecule has 0 aliphatic heterocycles. The molecule has 0 aromatic carbocycles. The van der Waals surface area contributed by atoms with Gasteiger partial charge < -0.3 is 14.9 Å². The second-order valence-corrected chi connectivity index (χ2v) is 3.27. The highest BCUT2D eigenvalue weighted by molar-refractivity contribution is 7.46. The maximum Gasteiger partial charge on any atom is 0.472 e. The first-order chi connectivity index (χ1) is 4.27. The second kappa shape index (κ2) is 2.98. The zero-order valence-corrected chi connectivity index (χ0v) is 6.71. The Hall–Kier alpha value is 0.0700. The van der Waals surface area contributed by atoms with Crippen LogP contribution in [0.4, 0.5) is 0 Å². The lowest BCUT2D eigenvalue weighted by atomic mass is 10.3. The van der Waals surface area contributed by atoms with Crippen LogP contribution in [0.15, 0.2) is 0 Å². The number of hydrogen-bond acceptors (Lipinski definition) is 3. The summed E-state index contributed by atoms with van der Waals surface area (Å²) in [7, 11) is -4.55. The molecule has 0 aromatic rings. The quantitative estimate of drug-likeness (QED) is 0.416. The van der Waals surface area contributed by atoms with E-state index in [0.29, 0.717) is 0 Å². The molecule has 62 valence electrons. The number of phosphoric acid groups is 1. The Labute approximate surface area is 58.9 Å². The summed E-state index contributed by atoms with van der Waals surface area (Å²) in [5.41, 5.74) is 0. The van der Waals surface area contributed by atoms with Gasteiger partial charge in [-0.1, -0.05) is 6.92 Å². The van der Waals surface area contributed by atoms with Crippen molar-refractivity contribution in [2.45, 2.75) is 26.1 Å². The molecule has 1 atom stereocenters. The van der Waals surface area contributed by atoms with Crippen LogP contribution >= 0.6 is 7.82 Å². The summed E-state index contributed by atoms with van der Waals surface area (Å²) in [5, 5.41) is 8.94. The third kappa shape index (κ3) is 4.90. The van der Waals surface area contributed by atoms with E-state index in [1.807, 2.05) is 0 Å². The first-order valence-corrected chi connectivity index (χ1v) is 4.28. The van der Waals surface area contributed by atoms with Gasteiger partial charge in [-0.2, -0.15) is 0 Å². The van der Waals surface area contributed by atoms with Crippen molar-refractivity contribution in [3.8, 4) is 0 Å². The van der Waals surface area contributed by atoms with Crippen molar-refractivity contribution < 1.29 is 24.0 Å². The lowest BCUT2D eigenvalue weighted by Crippen LogP contribution is -2.25. The van der Waals surface area contributed by atoms with Crippen LogP contribution in [0.5, 0.6) is 0 Å². The molecule has 0 rings (SSSR count). The Kier molecular flexibility index (Phi) is 3.00. The van der Waals surface area contributed by atoms with E-state index in [2.05, 4.69) is 4.52 Å². The molecule has 0 heterocycles. The highest BCUT2D eigenvalue weighted by Gasteiger charge is 2.28. The van der Waals surface area contributed by atoms with Crippen LogP contribution in [0.2, 0.25) is 0 Å². The highest BCUT2D eigenvalue weighted by Crippen LogP contribution is 2.41. The molecule has 6 heteroatoms. The van der Waals surface area contributed by atoms with Crippen LogP contribution in [0.3, 0.4) is 0 Å². The molecule has 0 spiro atoms. The maximum absolute atomic E-state index is 10.1. The molecule has 0 saturated carbocycles. The predicted molar refractivity (Wildman–Crippen MR) is 34.0 cm³/mol. The van der Waals surface area contributed by atoms with Crippen LogP contribution < -0.4 is 0 Å². The molecule has 0 aliphatic carbocycles. The number of hydrogen-bond donors (Lipinski definition) is 3. The van der Waals surface area contributed by atoms with Gasteiger partial charge in [0.25, 0.3) is 0 Å². The van der Waals surface area contributed by atoms with Crippen molar-refractivity contribution in [3.05, 3.63) is 0 Å². The minimum absolute atomic E-state index is 0.123. The van der Waals surface area contributed by atoms with E-state index in [4.69, 9.17) is 14.9 Å². The van der Waals surface area contributed by atoms with Gasteiger partial charge in [0.15, 0.2) is 5.79 Å². The summed E-state index contributed by atoms with van der Waals surface area (Å²) in [6.45, 7) is 2.74. The molecule has 5 nitrogen and oxygen atoms in total. The average molecular weight is 170 g/mol. The Balaban J connectivity index is 4.02. The Morgan fingerprint density at radius 1 is 1.60 bits per heavy atom. The van der Waals surface area contributed by atoms with Crippen molar-refractivity contribution >= 4 is 7.82 Å². The lowest BCUT2D eigenvalue weighted by molar-refractivity contribution is -0.135. The van der Waals surface area contributed by atoms with E-state index in [0.717, 1.165) is 0 Å². The minimum Gasteiger partial charge on any atom is -0.365 e. The molecule has 3 N–H and O–H groups in total. The molecular formula is C4H11O5P. The Bertz CT molecular complexity index is 148. The number of aliphatic hydroxyl groups is 1. The van der Waals surface area contributed by atoms with Gasteiger partial charge in [-0.25, -0.2) is 4.57 Å². The molecule has 1 unspecified atom stereocenters. The smallest absolute Gasteiger partial charge is 0.365 e. The fourth-order valence-electron chi connectivity index (χ4n) is 0.321. The summed E-state index contributed by atoms with van der Waals surface area (Å²) in [6.07, 6.45) is 0.123. The monoisotopic (exact) mass is 170 g/mol. The van der Waals surface area contributed by atoms with Crippen molar-refractivity contribution in [1.29, 1.82) is 0 Å². The molecule has 0 aliphatic rings. The molecule has 0 saturated heterocycles. The van der Waals surface area contributed by atoms with Gasteiger partial charge in [0.05, 0.1) is 0 Å². The van der Waals surface area contributed by atoms with Gasteiger partial charge in [-0.05, 0) is 13.3 Å². The topological polar surface area (TPSA) is 87.0 Å². The summed E-state index contributed by atoms with van der Waals surface area (Å²) >= 11 is 0. The molecule has 0 radical (unpaired) electrons. The van der Waals surface area contributed by atoms with Crippen molar-refractivity contribution in [3.63, 3.8) is 0 Å². The van der Waals surface area contributed by atoms with E-state index in [9.17, 15) is 4.57 Å². The predicted octanol–water partition coefficient (Wildman–Crippen LogP) is 0.214. The Morgan fingerprint density at radius 2 is 2.00 bits per heavy atom. The van der Waals surface area contributed by atoms with Crippen LogP contribution in [-0.4, -0.2) is 20.7 Å².